The lowest BCUT2D eigenvalue weighted by atomic mass is 10.3. The van der Waals surface area contributed by atoms with Gasteiger partial charge in [0.25, 0.3) is 5.91 Å². The minimum absolute atomic E-state index is 0.270. The molecule has 1 aromatic rings. The lowest BCUT2D eigenvalue weighted by molar-refractivity contribution is 0.0999. The molecule has 1 rings (SSSR count). The van der Waals surface area contributed by atoms with Crippen molar-refractivity contribution in [3.8, 4) is 12.3 Å². The fraction of sp³-hybridized carbons (Fsp3) is 0.125. The van der Waals surface area contributed by atoms with Crippen LogP contribution in [0.1, 0.15) is 10.4 Å². The van der Waals surface area contributed by atoms with Crippen molar-refractivity contribution in [3.63, 3.8) is 0 Å². The van der Waals surface area contributed by atoms with E-state index in [0.717, 1.165) is 0 Å². The van der Waals surface area contributed by atoms with Gasteiger partial charge in [0.05, 0.1) is 12.1 Å². The summed E-state index contributed by atoms with van der Waals surface area (Å²) in [5.74, 6) is 2.20. The number of amides is 1. The molecule has 0 saturated heterocycles. The van der Waals surface area contributed by atoms with Gasteiger partial charge in [-0.15, -0.1) is 6.42 Å². The van der Waals surface area contributed by atoms with Gasteiger partial charge in [0, 0.05) is 12.4 Å². The van der Waals surface area contributed by atoms with E-state index in [1.54, 1.807) is 0 Å². The van der Waals surface area contributed by atoms with E-state index in [9.17, 15) is 4.79 Å². The monoisotopic (exact) mass is 176 g/mol. The highest BCUT2D eigenvalue weighted by atomic mass is 16.1. The Balaban J connectivity index is 2.71. The molecule has 5 nitrogen and oxygen atoms in total. The highest BCUT2D eigenvalue weighted by molar-refractivity contribution is 5.92. The zero-order chi connectivity index (χ0) is 9.68. The Hall–Kier alpha value is -2.09. The number of hydrogen-bond donors (Lipinski definition) is 2. The van der Waals surface area contributed by atoms with E-state index < -0.39 is 5.91 Å². The molecule has 66 valence electrons. The van der Waals surface area contributed by atoms with Crippen LogP contribution in [-0.4, -0.2) is 22.4 Å². The molecular formula is C8H8N4O. The number of rotatable bonds is 3. The number of aromatic nitrogens is 2. The van der Waals surface area contributed by atoms with Crippen molar-refractivity contribution < 1.29 is 4.79 Å². The van der Waals surface area contributed by atoms with Crippen molar-refractivity contribution in [1.82, 2.24) is 9.97 Å². The fourth-order valence-corrected chi connectivity index (χ4v) is 0.677. The molecule has 0 spiro atoms. The maximum absolute atomic E-state index is 10.6. The first kappa shape index (κ1) is 9.00. The third-order valence-corrected chi connectivity index (χ3v) is 1.28. The minimum Gasteiger partial charge on any atom is -0.366 e. The Morgan fingerprint density at radius 2 is 2.23 bits per heavy atom. The number of nitrogens with two attached hydrogens (primary N) is 1. The molecule has 1 heterocycles. The predicted octanol–water partition coefficient (Wildman–Crippen LogP) is -0.379. The quantitative estimate of drug-likeness (QED) is 0.615. The summed E-state index contributed by atoms with van der Waals surface area (Å²) in [6.45, 7) is 0.343. The normalized spacial score (nSPS) is 8.85. The van der Waals surface area contributed by atoms with Gasteiger partial charge in [0.1, 0.15) is 0 Å². The third kappa shape index (κ3) is 2.45. The highest BCUT2D eigenvalue weighted by Crippen LogP contribution is 1.98. The van der Waals surface area contributed by atoms with Gasteiger partial charge in [-0.25, -0.2) is 9.97 Å². The molecule has 0 unspecified atom stereocenters. The Kier molecular flexibility index (Phi) is 2.82. The van der Waals surface area contributed by atoms with Gasteiger partial charge < -0.3 is 11.1 Å². The van der Waals surface area contributed by atoms with Crippen LogP contribution in [-0.2, 0) is 0 Å². The van der Waals surface area contributed by atoms with Crippen molar-refractivity contribution in [1.29, 1.82) is 0 Å². The molecule has 1 amide bonds. The van der Waals surface area contributed by atoms with Gasteiger partial charge in [0.15, 0.2) is 0 Å². The van der Waals surface area contributed by atoms with Crippen LogP contribution in [0.3, 0.4) is 0 Å². The average molecular weight is 176 g/mol. The average Bonchev–Trinajstić information content (AvgIpc) is 2.15. The summed E-state index contributed by atoms with van der Waals surface area (Å²) in [6.07, 6.45) is 7.70. The lowest BCUT2D eigenvalue weighted by Gasteiger charge is -1.99. The Morgan fingerprint density at radius 1 is 1.62 bits per heavy atom. The maximum Gasteiger partial charge on any atom is 0.251 e. The summed E-state index contributed by atoms with van der Waals surface area (Å²) in [6, 6.07) is 0. The van der Waals surface area contributed by atoms with Crippen LogP contribution < -0.4 is 11.1 Å². The van der Waals surface area contributed by atoms with Gasteiger partial charge in [-0.3, -0.25) is 4.79 Å². The molecule has 0 saturated carbocycles. The van der Waals surface area contributed by atoms with Crippen molar-refractivity contribution in [2.24, 2.45) is 5.73 Å². The molecular weight excluding hydrogens is 168 g/mol. The van der Waals surface area contributed by atoms with Crippen LogP contribution in [0.5, 0.6) is 0 Å². The van der Waals surface area contributed by atoms with Crippen molar-refractivity contribution in [2.45, 2.75) is 0 Å². The predicted molar refractivity (Wildman–Crippen MR) is 47.9 cm³/mol. The van der Waals surface area contributed by atoms with Crippen LogP contribution >= 0.6 is 0 Å². The molecule has 0 radical (unpaired) electrons. The number of carbonyl (C=O) groups is 1. The fourth-order valence-electron chi connectivity index (χ4n) is 0.677. The lowest BCUT2D eigenvalue weighted by Crippen LogP contribution is -2.12. The molecule has 0 aliphatic carbocycles. The van der Waals surface area contributed by atoms with E-state index >= 15 is 0 Å². The molecule has 0 fully saturated rings. The van der Waals surface area contributed by atoms with Crippen molar-refractivity contribution in [2.75, 3.05) is 11.9 Å². The van der Waals surface area contributed by atoms with E-state index in [0.29, 0.717) is 12.5 Å². The Labute approximate surface area is 75.4 Å². The van der Waals surface area contributed by atoms with Gasteiger partial charge in [-0.05, 0) is 0 Å². The molecule has 3 N–H and O–H groups in total. The number of hydrogen-bond acceptors (Lipinski definition) is 4. The van der Waals surface area contributed by atoms with E-state index in [1.807, 2.05) is 0 Å². The molecule has 1 aromatic heterocycles. The summed E-state index contributed by atoms with van der Waals surface area (Å²) in [4.78, 5) is 18.3. The number of carbonyl (C=O) groups excluding carboxylic acids is 1. The van der Waals surface area contributed by atoms with Crippen molar-refractivity contribution in [3.05, 3.63) is 18.0 Å². The SMILES string of the molecule is C#CCNc1ncc(C(N)=O)cn1. The maximum atomic E-state index is 10.6. The van der Waals surface area contributed by atoms with Crippen LogP contribution in [0.2, 0.25) is 0 Å². The van der Waals surface area contributed by atoms with Gasteiger partial charge >= 0.3 is 0 Å². The first-order valence-electron chi connectivity index (χ1n) is 3.53. The third-order valence-electron chi connectivity index (χ3n) is 1.28. The van der Waals surface area contributed by atoms with E-state index in [4.69, 9.17) is 12.2 Å². The smallest absolute Gasteiger partial charge is 0.251 e. The van der Waals surface area contributed by atoms with Crippen LogP contribution in [0, 0.1) is 12.3 Å². The number of nitrogens with zero attached hydrogens (tertiary/aromatic N) is 2. The number of primary amides is 1. The molecule has 0 aliphatic heterocycles. The molecule has 13 heavy (non-hydrogen) atoms. The second kappa shape index (κ2) is 4.07. The summed E-state index contributed by atoms with van der Waals surface area (Å²) >= 11 is 0. The molecule has 0 aromatic carbocycles. The van der Waals surface area contributed by atoms with Crippen LogP contribution in [0.15, 0.2) is 12.4 Å². The van der Waals surface area contributed by atoms with Crippen LogP contribution in [0.4, 0.5) is 5.95 Å². The summed E-state index contributed by atoms with van der Waals surface area (Å²) in [5.41, 5.74) is 5.26. The topological polar surface area (TPSA) is 80.9 Å². The Bertz CT molecular complexity index is 338. The zero-order valence-corrected chi connectivity index (χ0v) is 6.82. The van der Waals surface area contributed by atoms with Crippen molar-refractivity contribution >= 4 is 11.9 Å². The standard InChI is InChI=1S/C8H8N4O/c1-2-3-10-8-11-4-6(5-12-8)7(9)13/h1,4-5H,3H2,(H2,9,13)(H,10,11,12). The largest absolute Gasteiger partial charge is 0.366 e. The zero-order valence-electron chi connectivity index (χ0n) is 6.82. The molecule has 0 aliphatic rings. The number of anilines is 1. The molecule has 5 heteroatoms. The van der Waals surface area contributed by atoms with E-state index in [2.05, 4.69) is 21.2 Å². The second-order valence-electron chi connectivity index (χ2n) is 2.22. The van der Waals surface area contributed by atoms with Gasteiger partial charge in [-0.2, -0.15) is 0 Å². The van der Waals surface area contributed by atoms with Crippen LogP contribution in [0.25, 0.3) is 0 Å². The summed E-state index contributed by atoms with van der Waals surface area (Å²) in [5, 5.41) is 2.75. The second-order valence-corrected chi connectivity index (χ2v) is 2.22. The summed E-state index contributed by atoms with van der Waals surface area (Å²) < 4.78 is 0. The molecule has 0 bridgehead atoms. The van der Waals surface area contributed by atoms with Gasteiger partial charge in [0.2, 0.25) is 5.95 Å². The highest BCUT2D eigenvalue weighted by Gasteiger charge is 2.00. The van der Waals surface area contributed by atoms with E-state index in [-0.39, 0.29) is 5.56 Å². The first-order valence-corrected chi connectivity index (χ1v) is 3.53. The van der Waals surface area contributed by atoms with E-state index in [1.165, 1.54) is 12.4 Å². The first-order chi connectivity index (χ1) is 6.24. The minimum atomic E-state index is -0.552. The summed E-state index contributed by atoms with van der Waals surface area (Å²) in [7, 11) is 0. The Morgan fingerprint density at radius 3 is 2.69 bits per heavy atom. The number of terminal acetylenes is 1. The number of nitrogens with one attached hydrogen (secondary N) is 1. The van der Waals surface area contributed by atoms with Gasteiger partial charge in [-0.1, -0.05) is 5.92 Å². The molecule has 0 atom stereocenters.